The Morgan fingerprint density at radius 3 is 2.23 bits per heavy atom. The predicted octanol–water partition coefficient (Wildman–Crippen LogP) is 6.38. The molecule has 0 saturated carbocycles. The van der Waals surface area contributed by atoms with E-state index in [-0.39, 0.29) is 23.8 Å². The first kappa shape index (κ1) is 32.3. The minimum Gasteiger partial charge on any atom is -0.355 e. The fraction of sp³-hybridized carbons (Fsp3) is 0.212. The summed E-state index contributed by atoms with van der Waals surface area (Å²) in [6.45, 7) is 3.50. The van der Waals surface area contributed by atoms with Gasteiger partial charge < -0.3 is 10.2 Å². The van der Waals surface area contributed by atoms with Crippen molar-refractivity contribution in [3.05, 3.63) is 129 Å². The van der Waals surface area contributed by atoms with Crippen LogP contribution in [0, 0.1) is 6.92 Å². The van der Waals surface area contributed by atoms with Gasteiger partial charge in [-0.1, -0.05) is 99.8 Å². The Labute approximate surface area is 266 Å². The van der Waals surface area contributed by atoms with Gasteiger partial charge >= 0.3 is 0 Å². The first-order chi connectivity index (χ1) is 20.6. The number of sulfonamides is 1. The van der Waals surface area contributed by atoms with Crippen molar-refractivity contribution < 1.29 is 18.0 Å². The summed E-state index contributed by atoms with van der Waals surface area (Å²) >= 11 is 9.94. The van der Waals surface area contributed by atoms with Crippen LogP contribution in [0.4, 0.5) is 5.69 Å². The SMILES string of the molecule is CCNC(=O)[C@H](Cc1ccccc1)N(Cc1ccccc1Cl)C(=O)CN(c1cccc(Br)c1)S(=O)(=O)c1ccc(C)cc1. The van der Waals surface area contributed by atoms with Crippen molar-refractivity contribution in [2.75, 3.05) is 17.4 Å². The van der Waals surface area contributed by atoms with E-state index in [4.69, 9.17) is 11.6 Å². The molecular formula is C33H33BrClN3O4S. The van der Waals surface area contributed by atoms with Crippen LogP contribution in [0.25, 0.3) is 0 Å². The molecule has 0 heterocycles. The van der Waals surface area contributed by atoms with Crippen LogP contribution < -0.4 is 9.62 Å². The van der Waals surface area contributed by atoms with Crippen molar-refractivity contribution in [1.82, 2.24) is 10.2 Å². The largest absolute Gasteiger partial charge is 0.355 e. The number of nitrogens with zero attached hydrogens (tertiary/aromatic N) is 2. The van der Waals surface area contributed by atoms with Crippen molar-refractivity contribution in [3.63, 3.8) is 0 Å². The van der Waals surface area contributed by atoms with Gasteiger partial charge in [0.1, 0.15) is 12.6 Å². The van der Waals surface area contributed by atoms with E-state index in [0.29, 0.717) is 27.3 Å². The summed E-state index contributed by atoms with van der Waals surface area (Å²) in [6, 6.07) is 28.8. The van der Waals surface area contributed by atoms with Crippen molar-refractivity contribution in [2.45, 2.75) is 37.8 Å². The normalized spacial score (nSPS) is 11.9. The zero-order valence-corrected chi connectivity index (χ0v) is 27.1. The maximum absolute atomic E-state index is 14.4. The van der Waals surface area contributed by atoms with E-state index in [1.54, 1.807) is 67.6 Å². The number of anilines is 1. The van der Waals surface area contributed by atoms with Gasteiger partial charge in [0.15, 0.2) is 0 Å². The lowest BCUT2D eigenvalue weighted by Gasteiger charge is -2.34. The molecule has 1 N–H and O–H groups in total. The minimum absolute atomic E-state index is 0.00401. The van der Waals surface area contributed by atoms with E-state index in [9.17, 15) is 18.0 Å². The van der Waals surface area contributed by atoms with Gasteiger partial charge in [-0.05, 0) is 61.4 Å². The van der Waals surface area contributed by atoms with E-state index >= 15 is 0 Å². The third-order valence-electron chi connectivity index (χ3n) is 6.90. The van der Waals surface area contributed by atoms with Gasteiger partial charge in [-0.2, -0.15) is 0 Å². The zero-order valence-electron chi connectivity index (χ0n) is 23.9. The van der Waals surface area contributed by atoms with Gasteiger partial charge in [-0.3, -0.25) is 13.9 Å². The average molecular weight is 683 g/mol. The fourth-order valence-corrected chi connectivity index (χ4v) is 6.64. The monoisotopic (exact) mass is 681 g/mol. The average Bonchev–Trinajstić information content (AvgIpc) is 2.99. The van der Waals surface area contributed by atoms with Crippen molar-refractivity contribution >= 4 is 55.1 Å². The van der Waals surface area contributed by atoms with Gasteiger partial charge in [0.25, 0.3) is 10.0 Å². The lowest BCUT2D eigenvalue weighted by Crippen LogP contribution is -2.53. The van der Waals surface area contributed by atoms with Crippen LogP contribution in [0.1, 0.15) is 23.6 Å². The highest BCUT2D eigenvalue weighted by Gasteiger charge is 2.34. The first-order valence-electron chi connectivity index (χ1n) is 13.8. The quantitative estimate of drug-likeness (QED) is 0.188. The molecule has 4 aromatic carbocycles. The first-order valence-corrected chi connectivity index (χ1v) is 16.4. The second kappa shape index (κ2) is 14.7. The molecule has 0 bridgehead atoms. The molecule has 4 rings (SSSR count). The summed E-state index contributed by atoms with van der Waals surface area (Å²) in [5, 5.41) is 3.29. The van der Waals surface area contributed by atoms with Crippen molar-refractivity contribution in [2.24, 2.45) is 0 Å². The maximum Gasteiger partial charge on any atom is 0.264 e. The number of nitrogens with one attached hydrogen (secondary N) is 1. The van der Waals surface area contributed by atoms with Crippen molar-refractivity contribution in [1.29, 1.82) is 0 Å². The summed E-state index contributed by atoms with van der Waals surface area (Å²) in [5.41, 5.74) is 2.70. The molecule has 7 nitrogen and oxygen atoms in total. The zero-order chi connectivity index (χ0) is 31.0. The third kappa shape index (κ3) is 8.25. The summed E-state index contributed by atoms with van der Waals surface area (Å²) in [6.07, 6.45) is 0.227. The molecule has 1 atom stereocenters. The number of halogens is 2. The molecule has 0 radical (unpaired) electrons. The predicted molar refractivity (Wildman–Crippen MR) is 174 cm³/mol. The second-order valence-corrected chi connectivity index (χ2v) is 13.2. The third-order valence-corrected chi connectivity index (χ3v) is 9.55. The highest BCUT2D eigenvalue weighted by molar-refractivity contribution is 9.10. The van der Waals surface area contributed by atoms with Crippen LogP contribution in [0.3, 0.4) is 0 Å². The molecule has 4 aromatic rings. The topological polar surface area (TPSA) is 86.8 Å². The van der Waals surface area contributed by atoms with Gasteiger partial charge in [-0.15, -0.1) is 0 Å². The fourth-order valence-electron chi connectivity index (χ4n) is 4.65. The molecule has 10 heteroatoms. The lowest BCUT2D eigenvalue weighted by atomic mass is 10.0. The van der Waals surface area contributed by atoms with Crippen LogP contribution >= 0.6 is 27.5 Å². The Hall–Kier alpha value is -3.66. The molecular weight excluding hydrogens is 650 g/mol. The Bertz CT molecular complexity index is 1670. The molecule has 0 fully saturated rings. The number of carbonyl (C=O) groups is 2. The van der Waals surface area contributed by atoms with Gasteiger partial charge in [0.05, 0.1) is 10.6 Å². The number of amides is 2. The number of benzene rings is 4. The number of likely N-dealkylation sites (N-methyl/N-ethyl adjacent to an activating group) is 1. The standard InChI is InChI=1S/C33H33BrClN3O4S/c1-3-36-33(40)31(20-25-10-5-4-6-11-25)37(22-26-12-7-8-15-30(26)35)32(39)23-38(28-14-9-13-27(34)21-28)43(41,42)29-18-16-24(2)17-19-29/h4-19,21,31H,3,20,22-23H2,1-2H3,(H,36,40)/t31-/m0/s1. The van der Waals surface area contributed by atoms with Gasteiger partial charge in [-0.25, -0.2) is 8.42 Å². The molecule has 0 aliphatic rings. The Morgan fingerprint density at radius 2 is 1.58 bits per heavy atom. The minimum atomic E-state index is -4.17. The molecule has 2 amide bonds. The number of hydrogen-bond donors (Lipinski definition) is 1. The Morgan fingerprint density at radius 1 is 0.907 bits per heavy atom. The number of aryl methyl sites for hydroxylation is 1. The summed E-state index contributed by atoms with van der Waals surface area (Å²) in [5.74, 6) is -0.898. The van der Waals surface area contributed by atoms with E-state index in [1.165, 1.54) is 17.0 Å². The van der Waals surface area contributed by atoms with Crippen LogP contribution in [0.5, 0.6) is 0 Å². The maximum atomic E-state index is 14.4. The number of hydrogen-bond acceptors (Lipinski definition) is 4. The van der Waals surface area contributed by atoms with Gasteiger partial charge in [0, 0.05) is 29.0 Å². The van der Waals surface area contributed by atoms with Crippen LogP contribution in [0.15, 0.2) is 112 Å². The summed E-state index contributed by atoms with van der Waals surface area (Å²) in [4.78, 5) is 29.4. The molecule has 224 valence electrons. The van der Waals surface area contributed by atoms with E-state index in [0.717, 1.165) is 15.4 Å². The molecule has 0 aliphatic carbocycles. The lowest BCUT2D eigenvalue weighted by molar-refractivity contribution is -0.140. The number of rotatable bonds is 12. The van der Waals surface area contributed by atoms with Crippen molar-refractivity contribution in [3.8, 4) is 0 Å². The molecule has 0 saturated heterocycles. The summed E-state index contributed by atoms with van der Waals surface area (Å²) < 4.78 is 29.9. The van der Waals surface area contributed by atoms with Gasteiger partial charge in [0.2, 0.25) is 11.8 Å². The molecule has 0 spiro atoms. The van der Waals surface area contributed by atoms with Crippen LogP contribution in [-0.2, 0) is 32.6 Å². The van der Waals surface area contributed by atoms with E-state index in [1.807, 2.05) is 37.3 Å². The van der Waals surface area contributed by atoms with E-state index in [2.05, 4.69) is 21.2 Å². The van der Waals surface area contributed by atoms with E-state index < -0.39 is 28.5 Å². The highest BCUT2D eigenvalue weighted by Crippen LogP contribution is 2.28. The second-order valence-electron chi connectivity index (χ2n) is 10.0. The molecule has 0 unspecified atom stereocenters. The van der Waals surface area contributed by atoms with Crippen LogP contribution in [-0.4, -0.2) is 44.3 Å². The smallest absolute Gasteiger partial charge is 0.264 e. The summed E-state index contributed by atoms with van der Waals surface area (Å²) in [7, 11) is -4.17. The Kier molecular flexibility index (Phi) is 11.0. The molecule has 0 aliphatic heterocycles. The Balaban J connectivity index is 1.80. The van der Waals surface area contributed by atoms with Crippen LogP contribution in [0.2, 0.25) is 5.02 Å². The molecule has 43 heavy (non-hydrogen) atoms. The highest BCUT2D eigenvalue weighted by atomic mass is 79.9. The number of carbonyl (C=O) groups excluding carboxylic acids is 2. The molecule has 0 aromatic heterocycles.